The number of thiazole rings is 1. The number of ether oxygens (including phenoxy) is 2. The van der Waals surface area contributed by atoms with Gasteiger partial charge in [0.05, 0.1) is 28.9 Å². The van der Waals surface area contributed by atoms with Crippen molar-refractivity contribution < 1.29 is 22.7 Å². The lowest BCUT2D eigenvalue weighted by Crippen LogP contribution is -2.48. The zero-order valence-electron chi connectivity index (χ0n) is 21.5. The van der Waals surface area contributed by atoms with Gasteiger partial charge in [-0.25, -0.2) is 13.4 Å². The topological polar surface area (TPSA) is 92.3 Å². The Morgan fingerprint density at radius 3 is 2.30 bits per heavy atom. The predicted molar refractivity (Wildman–Crippen MR) is 144 cm³/mol. The van der Waals surface area contributed by atoms with Crippen LogP contribution in [0.1, 0.15) is 29.8 Å². The second-order valence-electron chi connectivity index (χ2n) is 9.64. The van der Waals surface area contributed by atoms with Crippen LogP contribution < -0.4 is 9.64 Å². The molecule has 1 aromatic heterocycles. The fourth-order valence-corrected chi connectivity index (χ4v) is 7.62. The number of benzene rings is 2. The lowest BCUT2D eigenvalue weighted by atomic mass is 10.2. The summed E-state index contributed by atoms with van der Waals surface area (Å²) in [5, 5.41) is 0.927. The molecule has 37 heavy (non-hydrogen) atoms. The average Bonchev–Trinajstić information content (AvgIpc) is 3.35. The quantitative estimate of drug-likeness (QED) is 0.486. The number of fused-ring (bicyclic) bond motifs is 1. The maximum atomic E-state index is 13.2. The van der Waals surface area contributed by atoms with E-state index in [0.717, 1.165) is 26.7 Å². The monoisotopic (exact) mass is 544 g/mol. The molecule has 11 heteroatoms. The first-order valence-corrected chi connectivity index (χ1v) is 14.7. The number of nitrogens with zero attached hydrogens (tertiary/aromatic N) is 4. The fourth-order valence-electron chi connectivity index (χ4n) is 4.93. The van der Waals surface area contributed by atoms with E-state index in [9.17, 15) is 13.2 Å². The van der Waals surface area contributed by atoms with Crippen LogP contribution in [0, 0.1) is 6.92 Å². The van der Waals surface area contributed by atoms with Crippen molar-refractivity contribution in [3.63, 3.8) is 0 Å². The second kappa shape index (κ2) is 10.2. The normalized spacial score (nSPS) is 21.4. The van der Waals surface area contributed by atoms with E-state index >= 15 is 0 Å². The number of methoxy groups -OCH3 is 1. The first-order chi connectivity index (χ1) is 17.7. The molecule has 0 aliphatic carbocycles. The Morgan fingerprint density at radius 1 is 1.03 bits per heavy atom. The van der Waals surface area contributed by atoms with Crippen molar-refractivity contribution in [1.82, 2.24) is 14.2 Å². The summed E-state index contributed by atoms with van der Waals surface area (Å²) < 4.78 is 39.9. The summed E-state index contributed by atoms with van der Waals surface area (Å²) in [4.78, 5) is 22.2. The van der Waals surface area contributed by atoms with Gasteiger partial charge in [0.2, 0.25) is 10.0 Å². The van der Waals surface area contributed by atoms with Gasteiger partial charge < -0.3 is 19.3 Å². The number of hydrogen-bond donors (Lipinski definition) is 0. The first kappa shape index (κ1) is 25.9. The molecule has 0 N–H and O–H groups in total. The van der Waals surface area contributed by atoms with Crippen molar-refractivity contribution in [3.8, 4) is 5.75 Å². The van der Waals surface area contributed by atoms with Crippen LogP contribution >= 0.6 is 11.3 Å². The zero-order chi connectivity index (χ0) is 26.3. The van der Waals surface area contributed by atoms with E-state index in [-0.39, 0.29) is 23.0 Å². The molecular weight excluding hydrogens is 512 g/mol. The molecule has 0 radical (unpaired) electrons. The van der Waals surface area contributed by atoms with Crippen LogP contribution in [0.15, 0.2) is 41.3 Å². The molecule has 0 spiro atoms. The van der Waals surface area contributed by atoms with Crippen LogP contribution in [0.2, 0.25) is 0 Å². The summed E-state index contributed by atoms with van der Waals surface area (Å²) in [7, 11) is -1.99. The molecule has 9 nitrogen and oxygen atoms in total. The molecule has 0 saturated carbocycles. The third-order valence-corrected chi connectivity index (χ3v) is 9.97. The number of aryl methyl sites for hydroxylation is 1. The van der Waals surface area contributed by atoms with Crippen LogP contribution in [0.3, 0.4) is 0 Å². The van der Waals surface area contributed by atoms with Gasteiger partial charge in [-0.1, -0.05) is 17.4 Å². The van der Waals surface area contributed by atoms with Crippen LogP contribution in [0.4, 0.5) is 5.13 Å². The van der Waals surface area contributed by atoms with Gasteiger partial charge in [0.15, 0.2) is 5.13 Å². The summed E-state index contributed by atoms with van der Waals surface area (Å²) in [6.07, 6.45) is -0.321. The molecule has 2 aliphatic rings. The van der Waals surface area contributed by atoms with E-state index < -0.39 is 10.0 Å². The standard InChI is InChI=1S/C26H32N4O5S2/c1-17-5-10-22(34-4)23-24(17)36-26(27-23)29-13-11-28(12-14-29)25(31)20-6-8-21(9-7-20)37(32,33)30-15-18(2)35-19(3)16-30/h5-10,18-19H,11-16H2,1-4H3. The number of carbonyl (C=O) groups excluding carboxylic acids is 1. The Kier molecular flexibility index (Phi) is 7.14. The Bertz CT molecular complexity index is 1390. The number of amides is 1. The van der Waals surface area contributed by atoms with E-state index in [1.54, 1.807) is 30.6 Å². The molecule has 3 heterocycles. The summed E-state index contributed by atoms with van der Waals surface area (Å²) >= 11 is 1.64. The second-order valence-corrected chi connectivity index (χ2v) is 12.6. The number of piperazine rings is 1. The Balaban J connectivity index is 1.24. The number of anilines is 1. The number of carbonyl (C=O) groups is 1. The molecular formula is C26H32N4O5S2. The number of morpholine rings is 1. The van der Waals surface area contributed by atoms with Gasteiger partial charge >= 0.3 is 0 Å². The average molecular weight is 545 g/mol. The Hall–Kier alpha value is -2.73. The van der Waals surface area contributed by atoms with E-state index in [0.29, 0.717) is 44.8 Å². The fraction of sp³-hybridized carbons (Fsp3) is 0.462. The number of hydrogen-bond acceptors (Lipinski definition) is 8. The van der Waals surface area contributed by atoms with Crippen molar-refractivity contribution in [2.45, 2.75) is 37.9 Å². The lowest BCUT2D eigenvalue weighted by molar-refractivity contribution is -0.0440. The van der Waals surface area contributed by atoms with E-state index in [1.165, 1.54) is 16.4 Å². The minimum Gasteiger partial charge on any atom is -0.494 e. The van der Waals surface area contributed by atoms with E-state index in [1.807, 2.05) is 30.9 Å². The van der Waals surface area contributed by atoms with Gasteiger partial charge in [0, 0.05) is 44.8 Å². The molecule has 5 rings (SSSR count). The summed E-state index contributed by atoms with van der Waals surface area (Å²) in [6.45, 7) is 8.92. The highest BCUT2D eigenvalue weighted by Crippen LogP contribution is 2.36. The molecule has 2 atom stereocenters. The van der Waals surface area contributed by atoms with Crippen LogP contribution in [0.5, 0.6) is 5.75 Å². The van der Waals surface area contributed by atoms with Crippen molar-refractivity contribution in [2.75, 3.05) is 51.3 Å². The molecule has 2 aliphatic heterocycles. The van der Waals surface area contributed by atoms with Crippen molar-refractivity contribution in [1.29, 1.82) is 0 Å². The van der Waals surface area contributed by atoms with Gasteiger partial charge in [-0.05, 0) is 56.7 Å². The van der Waals surface area contributed by atoms with Crippen molar-refractivity contribution >= 4 is 42.6 Å². The van der Waals surface area contributed by atoms with E-state index in [2.05, 4.69) is 11.8 Å². The summed E-state index contributed by atoms with van der Waals surface area (Å²) in [5.41, 5.74) is 2.52. The molecule has 198 valence electrons. The van der Waals surface area contributed by atoms with Gasteiger partial charge in [-0.2, -0.15) is 4.31 Å². The largest absolute Gasteiger partial charge is 0.494 e. The number of sulfonamides is 1. The Morgan fingerprint density at radius 2 is 1.68 bits per heavy atom. The van der Waals surface area contributed by atoms with E-state index in [4.69, 9.17) is 14.5 Å². The molecule has 0 bridgehead atoms. The molecule has 2 unspecified atom stereocenters. The van der Waals surface area contributed by atoms with Crippen LogP contribution in [-0.4, -0.2) is 87.1 Å². The smallest absolute Gasteiger partial charge is 0.253 e. The minimum absolute atomic E-state index is 0.0981. The van der Waals surface area contributed by atoms with Crippen molar-refractivity contribution in [3.05, 3.63) is 47.5 Å². The first-order valence-electron chi connectivity index (χ1n) is 12.4. The predicted octanol–water partition coefficient (Wildman–Crippen LogP) is 3.37. The summed E-state index contributed by atoms with van der Waals surface area (Å²) in [6, 6.07) is 10.3. The van der Waals surface area contributed by atoms with Crippen LogP contribution in [-0.2, 0) is 14.8 Å². The molecule has 1 amide bonds. The maximum absolute atomic E-state index is 13.2. The third kappa shape index (κ3) is 5.05. The lowest BCUT2D eigenvalue weighted by Gasteiger charge is -2.35. The maximum Gasteiger partial charge on any atom is 0.253 e. The molecule has 3 aromatic rings. The molecule has 2 saturated heterocycles. The van der Waals surface area contributed by atoms with Gasteiger partial charge in [-0.3, -0.25) is 4.79 Å². The highest BCUT2D eigenvalue weighted by molar-refractivity contribution is 7.89. The minimum atomic E-state index is -3.65. The highest BCUT2D eigenvalue weighted by Gasteiger charge is 2.32. The molecule has 2 aromatic carbocycles. The SMILES string of the molecule is COc1ccc(C)c2sc(N3CCN(C(=O)c4ccc(S(=O)(=O)N5CC(C)OC(C)C5)cc4)CC3)nc12. The van der Waals surface area contributed by atoms with Crippen LogP contribution in [0.25, 0.3) is 10.2 Å². The zero-order valence-corrected chi connectivity index (χ0v) is 23.1. The number of rotatable bonds is 5. The number of aromatic nitrogens is 1. The Labute approximate surface area is 221 Å². The van der Waals surface area contributed by atoms with Gasteiger partial charge in [-0.15, -0.1) is 0 Å². The van der Waals surface area contributed by atoms with Crippen molar-refractivity contribution in [2.24, 2.45) is 0 Å². The highest BCUT2D eigenvalue weighted by atomic mass is 32.2. The van der Waals surface area contributed by atoms with Gasteiger partial charge in [0.1, 0.15) is 11.3 Å². The summed E-state index contributed by atoms with van der Waals surface area (Å²) in [5.74, 6) is 0.666. The third-order valence-electron chi connectivity index (χ3n) is 6.87. The molecule has 2 fully saturated rings. The van der Waals surface area contributed by atoms with Gasteiger partial charge in [0.25, 0.3) is 5.91 Å².